The lowest BCUT2D eigenvalue weighted by Gasteiger charge is -2.05. The summed E-state index contributed by atoms with van der Waals surface area (Å²) in [5.41, 5.74) is 9.76. The Morgan fingerprint density at radius 3 is 2.59 bits per heavy atom. The van der Waals surface area contributed by atoms with Crippen molar-refractivity contribution in [3.63, 3.8) is 0 Å². The van der Waals surface area contributed by atoms with Crippen LogP contribution in [0.15, 0.2) is 48.7 Å². The molecule has 2 heterocycles. The van der Waals surface area contributed by atoms with Gasteiger partial charge < -0.3 is 5.73 Å². The number of rotatable bonds is 5. The second-order valence-corrected chi connectivity index (χ2v) is 5.22. The van der Waals surface area contributed by atoms with Crippen LogP contribution >= 0.6 is 0 Å². The number of unbranched alkanes of at least 4 members (excludes halogenated alkanes) is 1. The van der Waals surface area contributed by atoms with E-state index in [-0.39, 0.29) is 0 Å². The predicted molar refractivity (Wildman–Crippen MR) is 87.6 cm³/mol. The highest BCUT2D eigenvalue weighted by Gasteiger charge is 2.13. The number of hydrogen-bond donors (Lipinski definition) is 1. The Hall–Kier alpha value is -2.69. The van der Waals surface area contributed by atoms with E-state index in [4.69, 9.17) is 5.73 Å². The first-order valence-electron chi connectivity index (χ1n) is 7.51. The van der Waals surface area contributed by atoms with Crippen LogP contribution in [-0.4, -0.2) is 20.0 Å². The van der Waals surface area contributed by atoms with E-state index < -0.39 is 0 Å². The number of nitrogens with zero attached hydrogens (tertiary/aromatic N) is 4. The summed E-state index contributed by atoms with van der Waals surface area (Å²) in [6.07, 6.45) is 5.22. The van der Waals surface area contributed by atoms with E-state index in [0.717, 1.165) is 17.8 Å². The van der Waals surface area contributed by atoms with Gasteiger partial charge in [-0.3, -0.25) is 4.98 Å². The lowest BCUT2D eigenvalue weighted by atomic mass is 10.1. The molecule has 112 valence electrons. The number of hydrogen-bond acceptors (Lipinski definition) is 4. The first kappa shape index (κ1) is 14.3. The summed E-state index contributed by atoms with van der Waals surface area (Å²) in [6.45, 7) is 2.20. The largest absolute Gasteiger partial charge is 0.382 e. The minimum Gasteiger partial charge on any atom is -0.382 e. The van der Waals surface area contributed by atoms with E-state index in [2.05, 4.69) is 34.4 Å². The minimum atomic E-state index is 0.500. The summed E-state index contributed by atoms with van der Waals surface area (Å²) in [5.74, 6) is 0.500. The van der Waals surface area contributed by atoms with Crippen molar-refractivity contribution in [2.45, 2.75) is 26.2 Å². The highest BCUT2D eigenvalue weighted by Crippen LogP contribution is 2.23. The van der Waals surface area contributed by atoms with E-state index in [0.29, 0.717) is 11.5 Å². The molecule has 0 bridgehead atoms. The molecule has 0 radical (unpaired) electrons. The molecule has 3 rings (SSSR count). The summed E-state index contributed by atoms with van der Waals surface area (Å²) < 4.78 is 1.65. The SMILES string of the molecule is CCCCc1ccc(-n2nnc(-c3ccccn3)c2N)cc1. The molecular formula is C17H19N5. The zero-order valence-electron chi connectivity index (χ0n) is 12.6. The maximum Gasteiger partial charge on any atom is 0.157 e. The first-order chi connectivity index (χ1) is 10.8. The number of benzene rings is 1. The molecule has 5 nitrogen and oxygen atoms in total. The fraction of sp³-hybridized carbons (Fsp3) is 0.235. The molecule has 22 heavy (non-hydrogen) atoms. The lowest BCUT2D eigenvalue weighted by Crippen LogP contribution is -2.02. The van der Waals surface area contributed by atoms with Crippen LogP contribution in [0.5, 0.6) is 0 Å². The molecule has 0 amide bonds. The first-order valence-corrected chi connectivity index (χ1v) is 7.51. The molecule has 0 unspecified atom stereocenters. The van der Waals surface area contributed by atoms with Crippen molar-refractivity contribution in [3.8, 4) is 17.1 Å². The molecule has 0 spiro atoms. The summed E-state index contributed by atoms with van der Waals surface area (Å²) in [4.78, 5) is 4.27. The summed E-state index contributed by atoms with van der Waals surface area (Å²) >= 11 is 0. The van der Waals surface area contributed by atoms with E-state index in [1.807, 2.05) is 30.3 Å². The predicted octanol–water partition coefficient (Wildman–Crippen LogP) is 3.25. The Kier molecular flexibility index (Phi) is 4.14. The van der Waals surface area contributed by atoms with Gasteiger partial charge in [0.2, 0.25) is 0 Å². The Morgan fingerprint density at radius 2 is 1.91 bits per heavy atom. The number of nitrogens with two attached hydrogens (primary N) is 1. The molecule has 0 atom stereocenters. The Labute approximate surface area is 129 Å². The Balaban J connectivity index is 1.88. The topological polar surface area (TPSA) is 69.6 Å². The fourth-order valence-electron chi connectivity index (χ4n) is 2.35. The number of aromatic nitrogens is 4. The number of anilines is 1. The number of nitrogen functional groups attached to an aromatic ring is 1. The van der Waals surface area contributed by atoms with Crippen LogP contribution in [0.1, 0.15) is 25.3 Å². The van der Waals surface area contributed by atoms with Crippen molar-refractivity contribution < 1.29 is 0 Å². The molecule has 0 aliphatic carbocycles. The van der Waals surface area contributed by atoms with Crippen LogP contribution in [0, 0.1) is 0 Å². The molecule has 1 aromatic carbocycles. The lowest BCUT2D eigenvalue weighted by molar-refractivity contribution is 0.790. The van der Waals surface area contributed by atoms with Gasteiger partial charge >= 0.3 is 0 Å². The van der Waals surface area contributed by atoms with Gasteiger partial charge in [-0.1, -0.05) is 36.8 Å². The van der Waals surface area contributed by atoms with Crippen LogP contribution in [0.25, 0.3) is 17.1 Å². The highest BCUT2D eigenvalue weighted by molar-refractivity contribution is 5.67. The second-order valence-electron chi connectivity index (χ2n) is 5.22. The maximum absolute atomic E-state index is 6.18. The monoisotopic (exact) mass is 293 g/mol. The normalized spacial score (nSPS) is 10.8. The third-order valence-corrected chi connectivity index (χ3v) is 3.61. The molecule has 0 aliphatic heterocycles. The van der Waals surface area contributed by atoms with Gasteiger partial charge in [0, 0.05) is 6.20 Å². The molecule has 3 aromatic rings. The minimum absolute atomic E-state index is 0.500. The molecule has 2 aromatic heterocycles. The van der Waals surface area contributed by atoms with Gasteiger partial charge in [0.15, 0.2) is 11.5 Å². The third kappa shape index (κ3) is 2.83. The van der Waals surface area contributed by atoms with Crippen LogP contribution in [0.3, 0.4) is 0 Å². The van der Waals surface area contributed by atoms with Gasteiger partial charge in [-0.15, -0.1) is 5.10 Å². The van der Waals surface area contributed by atoms with Crippen molar-refractivity contribution in [2.75, 3.05) is 5.73 Å². The zero-order valence-corrected chi connectivity index (χ0v) is 12.6. The average molecular weight is 293 g/mol. The number of pyridine rings is 1. The fourth-order valence-corrected chi connectivity index (χ4v) is 2.35. The third-order valence-electron chi connectivity index (χ3n) is 3.61. The quantitative estimate of drug-likeness (QED) is 0.784. The van der Waals surface area contributed by atoms with Gasteiger partial charge in [0.25, 0.3) is 0 Å². The van der Waals surface area contributed by atoms with Crippen LogP contribution in [-0.2, 0) is 6.42 Å². The highest BCUT2D eigenvalue weighted by atomic mass is 15.5. The van der Waals surface area contributed by atoms with Crippen molar-refractivity contribution >= 4 is 5.82 Å². The van der Waals surface area contributed by atoms with Crippen LogP contribution in [0.2, 0.25) is 0 Å². The van der Waals surface area contributed by atoms with E-state index >= 15 is 0 Å². The van der Waals surface area contributed by atoms with E-state index in [9.17, 15) is 0 Å². The molecule has 0 saturated heterocycles. The molecule has 5 heteroatoms. The van der Waals surface area contributed by atoms with Gasteiger partial charge in [0.1, 0.15) is 0 Å². The maximum atomic E-state index is 6.18. The summed E-state index contributed by atoms with van der Waals surface area (Å²) in [5, 5.41) is 8.32. The van der Waals surface area contributed by atoms with Crippen molar-refractivity contribution in [1.82, 2.24) is 20.0 Å². The molecule has 0 aliphatic rings. The number of aryl methyl sites for hydroxylation is 1. The van der Waals surface area contributed by atoms with Gasteiger partial charge in [-0.05, 0) is 42.7 Å². The standard InChI is InChI=1S/C17H19N5/c1-2-3-6-13-8-10-14(11-9-13)22-17(18)16(20-21-22)15-7-4-5-12-19-15/h4-5,7-12H,2-3,6,18H2,1H3. The molecule has 0 fully saturated rings. The zero-order chi connectivity index (χ0) is 15.4. The van der Waals surface area contributed by atoms with Crippen molar-refractivity contribution in [1.29, 1.82) is 0 Å². The van der Waals surface area contributed by atoms with Crippen molar-refractivity contribution in [3.05, 3.63) is 54.2 Å². The van der Waals surface area contributed by atoms with Gasteiger partial charge in [0.05, 0.1) is 11.4 Å². The summed E-state index contributed by atoms with van der Waals surface area (Å²) in [6, 6.07) is 13.9. The Morgan fingerprint density at radius 1 is 1.09 bits per heavy atom. The Bertz CT molecular complexity index is 732. The van der Waals surface area contributed by atoms with Crippen LogP contribution in [0.4, 0.5) is 5.82 Å². The molecule has 0 saturated carbocycles. The van der Waals surface area contributed by atoms with E-state index in [1.54, 1.807) is 10.9 Å². The average Bonchev–Trinajstić information content (AvgIpc) is 2.96. The van der Waals surface area contributed by atoms with Gasteiger partial charge in [-0.2, -0.15) is 4.68 Å². The molecule has 2 N–H and O–H groups in total. The van der Waals surface area contributed by atoms with Crippen LogP contribution < -0.4 is 5.73 Å². The smallest absolute Gasteiger partial charge is 0.157 e. The van der Waals surface area contributed by atoms with Crippen molar-refractivity contribution in [2.24, 2.45) is 0 Å². The molecular weight excluding hydrogens is 274 g/mol. The van der Waals surface area contributed by atoms with E-state index in [1.165, 1.54) is 18.4 Å². The second kappa shape index (κ2) is 6.39. The van der Waals surface area contributed by atoms with Gasteiger partial charge in [-0.25, -0.2) is 0 Å². The summed E-state index contributed by atoms with van der Waals surface area (Å²) in [7, 11) is 0.